The van der Waals surface area contributed by atoms with Crippen molar-refractivity contribution in [2.45, 2.75) is 13.2 Å². The second-order valence-corrected chi connectivity index (χ2v) is 7.27. The van der Waals surface area contributed by atoms with Gasteiger partial charge in [0.2, 0.25) is 0 Å². The van der Waals surface area contributed by atoms with E-state index in [4.69, 9.17) is 16.3 Å². The largest absolute Gasteiger partial charge is 0.485 e. The summed E-state index contributed by atoms with van der Waals surface area (Å²) in [5.74, 6) is 6.47. The summed E-state index contributed by atoms with van der Waals surface area (Å²) in [6, 6.07) is 16.7. The maximum Gasteiger partial charge on any atom is 0.161 e. The van der Waals surface area contributed by atoms with Crippen molar-refractivity contribution < 1.29 is 14.2 Å². The molecule has 33 heavy (non-hydrogen) atoms. The number of hydrogen-bond acceptors (Lipinski definition) is 6. The van der Waals surface area contributed by atoms with E-state index < -0.39 is 0 Å². The number of benzene rings is 2. The molecule has 8 heteroatoms. The third-order valence-corrected chi connectivity index (χ3v) is 4.80. The van der Waals surface area contributed by atoms with E-state index in [1.807, 2.05) is 0 Å². The van der Waals surface area contributed by atoms with E-state index in [-0.39, 0.29) is 19.0 Å². The van der Waals surface area contributed by atoms with Crippen LogP contribution in [0, 0.1) is 17.7 Å². The minimum atomic E-state index is -0.336. The lowest BCUT2D eigenvalue weighted by atomic mass is 10.2. The molecule has 0 aliphatic heterocycles. The van der Waals surface area contributed by atoms with E-state index in [0.29, 0.717) is 44.8 Å². The molecule has 6 nitrogen and oxygen atoms in total. The molecule has 0 spiro atoms. The quantitative estimate of drug-likeness (QED) is 0.399. The van der Waals surface area contributed by atoms with E-state index in [1.165, 1.54) is 18.5 Å². The summed E-state index contributed by atoms with van der Waals surface area (Å²) >= 11 is 6.37. The van der Waals surface area contributed by atoms with Crippen LogP contribution >= 0.6 is 11.6 Å². The molecule has 0 bridgehead atoms. The van der Waals surface area contributed by atoms with Crippen molar-refractivity contribution in [3.63, 3.8) is 0 Å². The van der Waals surface area contributed by atoms with Gasteiger partial charge in [-0.2, -0.15) is 0 Å². The molecule has 2 N–H and O–H groups in total. The Bertz CT molecular complexity index is 1340. The summed E-state index contributed by atoms with van der Waals surface area (Å²) in [6.45, 7) is -0.0244. The summed E-state index contributed by atoms with van der Waals surface area (Å²) in [6.07, 6.45) is 2.98. The van der Waals surface area contributed by atoms with Gasteiger partial charge >= 0.3 is 0 Å². The zero-order chi connectivity index (χ0) is 23.0. The lowest BCUT2D eigenvalue weighted by Gasteiger charge is -2.15. The highest BCUT2D eigenvalue weighted by Gasteiger charge is 2.12. The second kappa shape index (κ2) is 10.6. The van der Waals surface area contributed by atoms with Crippen molar-refractivity contribution >= 4 is 23.1 Å². The van der Waals surface area contributed by atoms with Crippen LogP contribution in [0.25, 0.3) is 0 Å². The SMILES string of the molecule is OCc1cccc(C#Cc2cncnc2Nc2cccc(Cl)c2OCc2cccc(F)c2)n1. The van der Waals surface area contributed by atoms with Gasteiger partial charge in [-0.05, 0) is 47.9 Å². The number of rotatable bonds is 6. The molecule has 2 heterocycles. The van der Waals surface area contributed by atoms with Gasteiger partial charge < -0.3 is 15.2 Å². The fraction of sp³-hybridized carbons (Fsp3) is 0.0800. The van der Waals surface area contributed by atoms with Crippen molar-refractivity contribution in [2.75, 3.05) is 5.32 Å². The molecule has 4 rings (SSSR count). The van der Waals surface area contributed by atoms with Gasteiger partial charge in [0.1, 0.15) is 30.3 Å². The molecule has 0 aliphatic carbocycles. The molecule has 0 amide bonds. The summed E-state index contributed by atoms with van der Waals surface area (Å²) in [4.78, 5) is 12.6. The van der Waals surface area contributed by atoms with Crippen LogP contribution in [0.15, 0.2) is 73.2 Å². The van der Waals surface area contributed by atoms with Crippen LogP contribution in [0.3, 0.4) is 0 Å². The molecular formula is C25H18ClFN4O2. The fourth-order valence-electron chi connectivity index (χ4n) is 2.95. The van der Waals surface area contributed by atoms with Crippen molar-refractivity contribution in [3.8, 4) is 17.6 Å². The summed E-state index contributed by atoms with van der Waals surface area (Å²) in [5.41, 5.74) is 2.82. The van der Waals surface area contributed by atoms with Crippen LogP contribution in [0.1, 0.15) is 22.5 Å². The van der Waals surface area contributed by atoms with Crippen LogP contribution in [0.2, 0.25) is 5.02 Å². The highest BCUT2D eigenvalue weighted by atomic mass is 35.5. The Balaban J connectivity index is 1.59. The van der Waals surface area contributed by atoms with Crippen LogP contribution in [0.5, 0.6) is 5.75 Å². The monoisotopic (exact) mass is 460 g/mol. The molecule has 4 aromatic rings. The molecule has 0 aliphatic rings. The average molecular weight is 461 g/mol. The van der Waals surface area contributed by atoms with Crippen LogP contribution < -0.4 is 10.1 Å². The number of nitrogens with zero attached hydrogens (tertiary/aromatic N) is 3. The normalized spacial score (nSPS) is 10.3. The van der Waals surface area contributed by atoms with Crippen molar-refractivity contribution in [1.82, 2.24) is 15.0 Å². The lowest BCUT2D eigenvalue weighted by molar-refractivity contribution is 0.277. The number of halogens is 2. The number of aliphatic hydroxyl groups excluding tert-OH is 1. The Morgan fingerprint density at radius 3 is 2.76 bits per heavy atom. The number of aliphatic hydroxyl groups is 1. The molecule has 164 valence electrons. The third kappa shape index (κ3) is 5.83. The first kappa shape index (κ1) is 22.2. The van der Waals surface area contributed by atoms with Crippen molar-refractivity contribution in [1.29, 1.82) is 0 Å². The molecule has 2 aromatic heterocycles. The van der Waals surface area contributed by atoms with Gasteiger partial charge in [0, 0.05) is 6.20 Å². The number of ether oxygens (including phenoxy) is 1. The van der Waals surface area contributed by atoms with E-state index in [0.717, 1.165) is 0 Å². The van der Waals surface area contributed by atoms with Crippen LogP contribution in [0.4, 0.5) is 15.9 Å². The van der Waals surface area contributed by atoms with Gasteiger partial charge in [-0.25, -0.2) is 19.3 Å². The predicted molar refractivity (Wildman–Crippen MR) is 124 cm³/mol. The van der Waals surface area contributed by atoms with Gasteiger partial charge in [-0.1, -0.05) is 41.8 Å². The standard InChI is InChI=1S/C25H18ClFN4O2/c26-22-8-3-9-23(24(22)33-15-17-4-1-5-19(27)12-17)31-25-18(13-28-16-29-25)10-11-20-6-2-7-21(14-32)30-20/h1-9,12-13,16,32H,14-15H2,(H,28,29,31). The summed E-state index contributed by atoms with van der Waals surface area (Å²) < 4.78 is 19.4. The number of nitrogens with one attached hydrogen (secondary N) is 1. The van der Waals surface area contributed by atoms with Gasteiger partial charge in [0.25, 0.3) is 0 Å². The average Bonchev–Trinajstić information content (AvgIpc) is 2.83. The smallest absolute Gasteiger partial charge is 0.161 e. The zero-order valence-corrected chi connectivity index (χ0v) is 18.1. The highest BCUT2D eigenvalue weighted by molar-refractivity contribution is 6.32. The number of pyridine rings is 1. The Labute approximate surface area is 195 Å². The molecule has 2 aromatic carbocycles. The first-order valence-electron chi connectivity index (χ1n) is 9.94. The summed E-state index contributed by atoms with van der Waals surface area (Å²) in [5, 5.41) is 12.8. The number of anilines is 2. The van der Waals surface area contributed by atoms with E-state index >= 15 is 0 Å². The lowest BCUT2D eigenvalue weighted by Crippen LogP contribution is -2.03. The van der Waals surface area contributed by atoms with Gasteiger partial charge in [-0.3, -0.25) is 0 Å². The van der Waals surface area contributed by atoms with Gasteiger partial charge in [-0.15, -0.1) is 0 Å². The Hall–Kier alpha value is -3.99. The Morgan fingerprint density at radius 1 is 1.06 bits per heavy atom. The number of aromatic nitrogens is 3. The molecule has 0 unspecified atom stereocenters. The van der Waals surface area contributed by atoms with E-state index in [2.05, 4.69) is 32.1 Å². The second-order valence-electron chi connectivity index (χ2n) is 6.87. The Morgan fingerprint density at radius 2 is 1.91 bits per heavy atom. The highest BCUT2D eigenvalue weighted by Crippen LogP contribution is 2.35. The zero-order valence-electron chi connectivity index (χ0n) is 17.3. The molecule has 0 radical (unpaired) electrons. The van der Waals surface area contributed by atoms with E-state index in [9.17, 15) is 9.50 Å². The first-order chi connectivity index (χ1) is 16.1. The predicted octanol–water partition coefficient (Wildman–Crippen LogP) is 4.88. The third-order valence-electron chi connectivity index (χ3n) is 4.50. The van der Waals surface area contributed by atoms with Crippen LogP contribution in [-0.2, 0) is 13.2 Å². The van der Waals surface area contributed by atoms with Crippen molar-refractivity contribution in [2.24, 2.45) is 0 Å². The molecular weight excluding hydrogens is 443 g/mol. The van der Waals surface area contributed by atoms with Gasteiger partial charge in [0.05, 0.1) is 28.6 Å². The minimum Gasteiger partial charge on any atom is -0.485 e. The topological polar surface area (TPSA) is 80.2 Å². The maximum absolute atomic E-state index is 13.5. The maximum atomic E-state index is 13.5. The number of para-hydroxylation sites is 1. The van der Waals surface area contributed by atoms with E-state index in [1.54, 1.807) is 54.7 Å². The molecule has 0 atom stereocenters. The summed E-state index contributed by atoms with van der Waals surface area (Å²) in [7, 11) is 0. The fourth-order valence-corrected chi connectivity index (χ4v) is 3.18. The Kier molecular flexibility index (Phi) is 7.10. The molecule has 0 fully saturated rings. The molecule has 0 saturated carbocycles. The minimum absolute atomic E-state index is 0.138. The molecule has 0 saturated heterocycles. The first-order valence-corrected chi connectivity index (χ1v) is 10.3. The van der Waals surface area contributed by atoms with Crippen LogP contribution in [-0.4, -0.2) is 20.1 Å². The number of hydrogen-bond donors (Lipinski definition) is 2. The van der Waals surface area contributed by atoms with Gasteiger partial charge in [0.15, 0.2) is 5.75 Å². The van der Waals surface area contributed by atoms with Crippen molar-refractivity contribution in [3.05, 3.63) is 107 Å².